The third-order valence-corrected chi connectivity index (χ3v) is 4.13. The molecule has 0 aliphatic carbocycles. The van der Waals surface area contributed by atoms with Crippen LogP contribution in [-0.2, 0) is 11.2 Å². The van der Waals surface area contributed by atoms with Gasteiger partial charge in [0.25, 0.3) is 5.91 Å². The number of carbonyl (C=O) groups is 2. The first-order chi connectivity index (χ1) is 12.1. The fourth-order valence-electron chi connectivity index (χ4n) is 2.86. The summed E-state index contributed by atoms with van der Waals surface area (Å²) in [4.78, 5) is 26.2. The van der Waals surface area contributed by atoms with Crippen molar-refractivity contribution in [2.75, 3.05) is 18.6 Å². The minimum absolute atomic E-state index is 0.0257. The molecule has 3 rings (SSSR count). The molecule has 1 N–H and O–H groups in total. The molecule has 2 heterocycles. The van der Waals surface area contributed by atoms with Crippen molar-refractivity contribution in [3.8, 4) is 5.75 Å². The van der Waals surface area contributed by atoms with E-state index >= 15 is 0 Å². The van der Waals surface area contributed by atoms with Crippen molar-refractivity contribution in [3.63, 3.8) is 0 Å². The van der Waals surface area contributed by atoms with Crippen molar-refractivity contribution in [3.05, 3.63) is 41.8 Å². The normalized spacial score (nSPS) is 17.0. The van der Waals surface area contributed by atoms with Crippen LogP contribution in [0, 0.1) is 0 Å². The topological polar surface area (TPSA) is 84.7 Å². The van der Waals surface area contributed by atoms with Crippen LogP contribution in [0.5, 0.6) is 5.75 Å². The maximum Gasteiger partial charge on any atom is 0.273 e. The minimum Gasteiger partial charge on any atom is -0.497 e. The minimum atomic E-state index is -0.319. The van der Waals surface area contributed by atoms with Crippen LogP contribution < -0.4 is 15.0 Å². The molecule has 1 aromatic carbocycles. The van der Waals surface area contributed by atoms with Gasteiger partial charge in [-0.1, -0.05) is 12.1 Å². The molecule has 0 saturated carbocycles. The molecule has 2 aromatic rings. The van der Waals surface area contributed by atoms with Gasteiger partial charge in [-0.25, -0.2) is 0 Å². The fourth-order valence-corrected chi connectivity index (χ4v) is 2.86. The van der Waals surface area contributed by atoms with Crippen LogP contribution in [0.1, 0.15) is 36.0 Å². The lowest BCUT2D eigenvalue weighted by Crippen LogP contribution is -2.37. The molecule has 132 valence electrons. The molecule has 0 radical (unpaired) electrons. The van der Waals surface area contributed by atoms with Crippen LogP contribution in [0.15, 0.2) is 34.9 Å². The number of carbonyl (C=O) groups excluding carboxylic acids is 2. The SMILES string of the molecule is CCCc1cc(C(=O)NC2CC(=O)N(c3ccc(OC)cc3)C2)no1. The lowest BCUT2D eigenvalue weighted by atomic mass is 10.2. The quantitative estimate of drug-likeness (QED) is 0.869. The molecular formula is C18H21N3O4. The van der Waals surface area contributed by atoms with E-state index in [1.807, 2.05) is 19.1 Å². The summed E-state index contributed by atoms with van der Waals surface area (Å²) in [6, 6.07) is 8.66. The number of anilines is 1. The van der Waals surface area contributed by atoms with Gasteiger partial charge in [-0.05, 0) is 30.7 Å². The van der Waals surface area contributed by atoms with Crippen LogP contribution in [0.4, 0.5) is 5.69 Å². The highest BCUT2D eigenvalue weighted by Gasteiger charge is 2.32. The monoisotopic (exact) mass is 343 g/mol. The largest absolute Gasteiger partial charge is 0.497 e. The first-order valence-corrected chi connectivity index (χ1v) is 8.31. The van der Waals surface area contributed by atoms with Gasteiger partial charge in [-0.2, -0.15) is 0 Å². The third kappa shape index (κ3) is 3.81. The summed E-state index contributed by atoms with van der Waals surface area (Å²) in [6.45, 7) is 2.46. The third-order valence-electron chi connectivity index (χ3n) is 4.13. The lowest BCUT2D eigenvalue weighted by molar-refractivity contribution is -0.117. The molecular weight excluding hydrogens is 322 g/mol. The molecule has 1 aromatic heterocycles. The summed E-state index contributed by atoms with van der Waals surface area (Å²) in [5, 5.41) is 6.65. The number of benzene rings is 1. The number of aryl methyl sites for hydroxylation is 1. The second kappa shape index (κ2) is 7.38. The van der Waals surface area contributed by atoms with Gasteiger partial charge in [0.15, 0.2) is 5.69 Å². The molecule has 7 nitrogen and oxygen atoms in total. The summed E-state index contributed by atoms with van der Waals surface area (Å²) in [5.41, 5.74) is 1.04. The highest BCUT2D eigenvalue weighted by atomic mass is 16.5. The molecule has 25 heavy (non-hydrogen) atoms. The Morgan fingerprint density at radius 2 is 2.16 bits per heavy atom. The van der Waals surface area contributed by atoms with Crippen molar-refractivity contribution in [1.82, 2.24) is 10.5 Å². The maximum absolute atomic E-state index is 12.3. The summed E-state index contributed by atoms with van der Waals surface area (Å²) >= 11 is 0. The summed E-state index contributed by atoms with van der Waals surface area (Å²) in [5.74, 6) is 1.08. The van der Waals surface area contributed by atoms with Crippen molar-refractivity contribution in [2.45, 2.75) is 32.2 Å². The van der Waals surface area contributed by atoms with E-state index in [2.05, 4.69) is 10.5 Å². The van der Waals surface area contributed by atoms with E-state index < -0.39 is 0 Å². The number of hydrogen-bond donors (Lipinski definition) is 1. The van der Waals surface area contributed by atoms with E-state index in [0.29, 0.717) is 12.3 Å². The van der Waals surface area contributed by atoms with Gasteiger partial charge >= 0.3 is 0 Å². The second-order valence-electron chi connectivity index (χ2n) is 6.01. The molecule has 7 heteroatoms. The molecule has 2 amide bonds. The molecule has 1 aliphatic rings. The number of nitrogens with zero attached hydrogens (tertiary/aromatic N) is 2. The molecule has 1 saturated heterocycles. The molecule has 0 spiro atoms. The van der Waals surface area contributed by atoms with Crippen LogP contribution in [0.3, 0.4) is 0 Å². The van der Waals surface area contributed by atoms with Crippen molar-refractivity contribution >= 4 is 17.5 Å². The highest BCUT2D eigenvalue weighted by Crippen LogP contribution is 2.24. The Hall–Kier alpha value is -2.83. The smallest absolute Gasteiger partial charge is 0.273 e. The van der Waals surface area contributed by atoms with Gasteiger partial charge in [-0.15, -0.1) is 0 Å². The Balaban J connectivity index is 1.62. The molecule has 1 atom stereocenters. The van der Waals surface area contributed by atoms with E-state index in [1.165, 1.54) is 0 Å². The van der Waals surface area contributed by atoms with Crippen molar-refractivity contribution < 1.29 is 18.8 Å². The van der Waals surface area contributed by atoms with Gasteiger partial charge in [0.05, 0.1) is 13.2 Å². The molecule has 1 unspecified atom stereocenters. The molecule has 0 bridgehead atoms. The van der Waals surface area contributed by atoms with Crippen LogP contribution in [0.2, 0.25) is 0 Å². The van der Waals surface area contributed by atoms with E-state index in [4.69, 9.17) is 9.26 Å². The highest BCUT2D eigenvalue weighted by molar-refractivity contribution is 5.98. The zero-order valence-corrected chi connectivity index (χ0v) is 14.3. The number of aromatic nitrogens is 1. The van der Waals surface area contributed by atoms with Crippen LogP contribution >= 0.6 is 0 Å². The number of ether oxygens (including phenoxy) is 1. The summed E-state index contributed by atoms with van der Waals surface area (Å²) < 4.78 is 10.2. The number of nitrogens with one attached hydrogen (secondary N) is 1. The Bertz CT molecular complexity index is 754. The van der Waals surface area contributed by atoms with Gasteiger partial charge in [-0.3, -0.25) is 9.59 Å². The Labute approximate surface area is 145 Å². The van der Waals surface area contributed by atoms with E-state index in [0.717, 1.165) is 24.3 Å². The zero-order valence-electron chi connectivity index (χ0n) is 14.3. The Morgan fingerprint density at radius 1 is 1.40 bits per heavy atom. The zero-order chi connectivity index (χ0) is 17.8. The number of hydrogen-bond acceptors (Lipinski definition) is 5. The summed E-state index contributed by atoms with van der Waals surface area (Å²) in [7, 11) is 1.59. The number of rotatable bonds is 6. The predicted octanol–water partition coefficient (Wildman–Crippen LogP) is 2.17. The van der Waals surface area contributed by atoms with Gasteiger partial charge in [0.1, 0.15) is 11.5 Å². The Morgan fingerprint density at radius 3 is 2.84 bits per heavy atom. The first kappa shape index (κ1) is 17.0. The van der Waals surface area contributed by atoms with Crippen molar-refractivity contribution in [2.24, 2.45) is 0 Å². The van der Waals surface area contributed by atoms with Gasteiger partial charge in [0.2, 0.25) is 5.91 Å². The maximum atomic E-state index is 12.3. The van der Waals surface area contributed by atoms with E-state index in [1.54, 1.807) is 30.2 Å². The Kier molecular flexibility index (Phi) is 5.02. The molecule has 1 aliphatic heterocycles. The molecule has 1 fully saturated rings. The predicted molar refractivity (Wildman–Crippen MR) is 91.7 cm³/mol. The average Bonchev–Trinajstić information content (AvgIpc) is 3.22. The van der Waals surface area contributed by atoms with Crippen LogP contribution in [-0.4, -0.2) is 36.7 Å². The van der Waals surface area contributed by atoms with Crippen LogP contribution in [0.25, 0.3) is 0 Å². The lowest BCUT2D eigenvalue weighted by Gasteiger charge is -2.17. The number of amides is 2. The van der Waals surface area contributed by atoms with Crippen molar-refractivity contribution in [1.29, 1.82) is 0 Å². The second-order valence-corrected chi connectivity index (χ2v) is 6.01. The first-order valence-electron chi connectivity index (χ1n) is 8.31. The van der Waals surface area contributed by atoms with E-state index in [-0.39, 0.29) is 30.0 Å². The number of methoxy groups -OCH3 is 1. The average molecular weight is 343 g/mol. The van der Waals surface area contributed by atoms with Gasteiger partial charge < -0.3 is 19.5 Å². The fraction of sp³-hybridized carbons (Fsp3) is 0.389. The standard InChI is InChI=1S/C18H21N3O4/c1-3-4-15-10-16(20-25-15)18(23)19-12-9-17(22)21(11-12)13-5-7-14(24-2)8-6-13/h5-8,10,12H,3-4,9,11H2,1-2H3,(H,19,23). The summed E-state index contributed by atoms with van der Waals surface area (Å²) in [6.07, 6.45) is 1.93. The van der Waals surface area contributed by atoms with E-state index in [9.17, 15) is 9.59 Å². The van der Waals surface area contributed by atoms with Gasteiger partial charge in [0, 0.05) is 31.1 Å².